The minimum absolute atomic E-state index is 0.0476. The second-order valence-electron chi connectivity index (χ2n) is 9.56. The molecule has 0 radical (unpaired) electrons. The first-order valence-electron chi connectivity index (χ1n) is 13.4. The van der Waals surface area contributed by atoms with Gasteiger partial charge in [-0.15, -0.1) is 0 Å². The second-order valence-corrected chi connectivity index (χ2v) is 9.56. The summed E-state index contributed by atoms with van der Waals surface area (Å²) in [6, 6.07) is 12.2. The zero-order chi connectivity index (χ0) is 28.9. The SMILES string of the molecule is CC(N)=NCCCCNC(=O)/C=C/c1ccc2c(c1)[C@H](C(=O)NCCCCN=C(N)N)[C@H](c1ccc(O)cc1)O2. The number of hydrogen-bond donors (Lipinski definition) is 6. The van der Waals surface area contributed by atoms with E-state index in [1.165, 1.54) is 6.08 Å². The van der Waals surface area contributed by atoms with Crippen molar-refractivity contribution in [3.8, 4) is 11.5 Å². The summed E-state index contributed by atoms with van der Waals surface area (Å²) in [6.07, 6.45) is 5.71. The molecule has 1 heterocycles. The van der Waals surface area contributed by atoms with Crippen molar-refractivity contribution in [3.05, 3.63) is 65.2 Å². The Bertz CT molecular complexity index is 1230. The number of benzene rings is 2. The Morgan fingerprint density at radius 2 is 1.62 bits per heavy atom. The third-order valence-corrected chi connectivity index (χ3v) is 6.28. The number of nitrogens with zero attached hydrogens (tertiary/aromatic N) is 2. The molecule has 0 fully saturated rings. The first-order chi connectivity index (χ1) is 19.2. The summed E-state index contributed by atoms with van der Waals surface area (Å²) in [5.74, 6) is 0.346. The summed E-state index contributed by atoms with van der Waals surface area (Å²) in [4.78, 5) is 33.8. The fourth-order valence-corrected chi connectivity index (χ4v) is 4.29. The number of amides is 2. The van der Waals surface area contributed by atoms with E-state index < -0.39 is 12.0 Å². The molecule has 0 aliphatic carbocycles. The third-order valence-electron chi connectivity index (χ3n) is 6.28. The number of nitrogens with one attached hydrogen (secondary N) is 2. The van der Waals surface area contributed by atoms with Crippen LogP contribution in [0.2, 0.25) is 0 Å². The van der Waals surface area contributed by atoms with E-state index >= 15 is 0 Å². The lowest BCUT2D eigenvalue weighted by Crippen LogP contribution is -2.32. The molecule has 2 aromatic rings. The number of phenols is 1. The molecule has 214 valence electrons. The molecule has 2 aromatic carbocycles. The van der Waals surface area contributed by atoms with Crippen LogP contribution in [-0.4, -0.2) is 54.9 Å². The average molecular weight is 550 g/mol. The van der Waals surface area contributed by atoms with Crippen LogP contribution in [0.4, 0.5) is 0 Å². The summed E-state index contributed by atoms with van der Waals surface area (Å²) >= 11 is 0. The molecular weight excluding hydrogens is 510 g/mol. The van der Waals surface area contributed by atoms with Crippen LogP contribution in [0.25, 0.3) is 6.08 Å². The van der Waals surface area contributed by atoms with E-state index in [0.29, 0.717) is 44.2 Å². The number of phenolic OH excluding ortho intramolecular Hbond substituents is 1. The van der Waals surface area contributed by atoms with Gasteiger partial charge in [0.05, 0.1) is 5.84 Å². The smallest absolute Gasteiger partial charge is 0.243 e. The summed E-state index contributed by atoms with van der Waals surface area (Å²) in [7, 11) is 0. The number of fused-ring (bicyclic) bond motifs is 1. The summed E-state index contributed by atoms with van der Waals surface area (Å²) < 4.78 is 6.21. The van der Waals surface area contributed by atoms with E-state index in [-0.39, 0.29) is 23.5 Å². The van der Waals surface area contributed by atoms with E-state index in [0.717, 1.165) is 36.0 Å². The highest BCUT2D eigenvalue weighted by molar-refractivity contribution is 5.92. The van der Waals surface area contributed by atoms with Gasteiger partial charge in [-0.25, -0.2) is 0 Å². The van der Waals surface area contributed by atoms with Gasteiger partial charge in [0, 0.05) is 37.8 Å². The fraction of sp³-hybridized carbons (Fsp3) is 0.379. The molecule has 9 N–H and O–H groups in total. The van der Waals surface area contributed by atoms with Crippen molar-refractivity contribution in [2.75, 3.05) is 26.2 Å². The average Bonchev–Trinajstić information content (AvgIpc) is 3.30. The Morgan fingerprint density at radius 1 is 0.950 bits per heavy atom. The first kappa shape index (κ1) is 30.0. The molecule has 0 saturated heterocycles. The minimum Gasteiger partial charge on any atom is -0.508 e. The lowest BCUT2D eigenvalue weighted by Gasteiger charge is -2.19. The Kier molecular flexibility index (Phi) is 11.4. The number of hydrogen-bond acceptors (Lipinski definition) is 6. The van der Waals surface area contributed by atoms with Crippen molar-refractivity contribution in [3.63, 3.8) is 0 Å². The highest BCUT2D eigenvalue weighted by atomic mass is 16.5. The van der Waals surface area contributed by atoms with Crippen molar-refractivity contribution in [2.24, 2.45) is 27.2 Å². The van der Waals surface area contributed by atoms with Crippen molar-refractivity contribution in [2.45, 2.75) is 44.6 Å². The Balaban J connectivity index is 1.67. The van der Waals surface area contributed by atoms with Gasteiger partial charge < -0.3 is 37.7 Å². The maximum Gasteiger partial charge on any atom is 0.243 e. The molecule has 11 heteroatoms. The number of ether oxygens (including phenoxy) is 1. The second kappa shape index (κ2) is 15.2. The van der Waals surface area contributed by atoms with Gasteiger partial charge in [0.2, 0.25) is 11.8 Å². The number of rotatable bonds is 14. The highest BCUT2D eigenvalue weighted by Crippen LogP contribution is 2.46. The highest BCUT2D eigenvalue weighted by Gasteiger charge is 2.40. The fourth-order valence-electron chi connectivity index (χ4n) is 4.29. The lowest BCUT2D eigenvalue weighted by atomic mass is 9.89. The number of unbranched alkanes of at least 4 members (excludes halogenated alkanes) is 2. The van der Waals surface area contributed by atoms with Crippen LogP contribution in [0.1, 0.15) is 61.3 Å². The van der Waals surface area contributed by atoms with E-state index in [1.807, 2.05) is 18.2 Å². The molecule has 0 saturated carbocycles. The molecule has 2 atom stereocenters. The molecule has 1 aliphatic heterocycles. The van der Waals surface area contributed by atoms with Crippen LogP contribution in [0.5, 0.6) is 11.5 Å². The predicted molar refractivity (Wildman–Crippen MR) is 157 cm³/mol. The van der Waals surface area contributed by atoms with Crippen LogP contribution in [0.3, 0.4) is 0 Å². The largest absolute Gasteiger partial charge is 0.508 e. The molecule has 11 nitrogen and oxygen atoms in total. The number of carbonyl (C=O) groups is 2. The van der Waals surface area contributed by atoms with Crippen LogP contribution in [0.15, 0.2) is 58.5 Å². The minimum atomic E-state index is -0.612. The predicted octanol–water partition coefficient (Wildman–Crippen LogP) is 2.07. The standard InChI is InChI=1S/C29H39N7O4/c1-19(30)33-14-2-3-15-34-25(38)13-7-20-6-12-24-23(18-20)26(27(40-24)21-8-10-22(37)11-9-21)28(39)35-16-4-5-17-36-29(31)32/h6-13,18,26-27,37H,2-5,14-17H2,1H3,(H2,30,33)(H,34,38)(H,35,39)(H4,31,32,36)/b13-7+/t26-,27-/m0/s1. The van der Waals surface area contributed by atoms with Gasteiger partial charge in [-0.3, -0.25) is 19.6 Å². The van der Waals surface area contributed by atoms with Crippen LogP contribution < -0.4 is 32.6 Å². The Hall–Kier alpha value is -4.54. The van der Waals surface area contributed by atoms with Gasteiger partial charge in [-0.1, -0.05) is 18.2 Å². The van der Waals surface area contributed by atoms with Crippen molar-refractivity contribution in [1.29, 1.82) is 0 Å². The van der Waals surface area contributed by atoms with Gasteiger partial charge in [0.25, 0.3) is 0 Å². The number of aliphatic imine (C=N–C) groups is 2. The molecule has 3 rings (SSSR count). The van der Waals surface area contributed by atoms with Gasteiger partial charge in [0.15, 0.2) is 5.96 Å². The molecule has 0 aromatic heterocycles. The van der Waals surface area contributed by atoms with E-state index in [9.17, 15) is 14.7 Å². The van der Waals surface area contributed by atoms with Crippen LogP contribution in [-0.2, 0) is 9.59 Å². The van der Waals surface area contributed by atoms with Crippen LogP contribution >= 0.6 is 0 Å². The zero-order valence-corrected chi connectivity index (χ0v) is 22.8. The molecule has 0 bridgehead atoms. The lowest BCUT2D eigenvalue weighted by molar-refractivity contribution is -0.124. The van der Waals surface area contributed by atoms with Crippen molar-refractivity contribution >= 4 is 29.7 Å². The van der Waals surface area contributed by atoms with Gasteiger partial charge >= 0.3 is 0 Å². The van der Waals surface area contributed by atoms with E-state index in [2.05, 4.69) is 20.6 Å². The van der Waals surface area contributed by atoms with Crippen molar-refractivity contribution in [1.82, 2.24) is 10.6 Å². The van der Waals surface area contributed by atoms with E-state index in [1.54, 1.807) is 37.3 Å². The molecule has 40 heavy (non-hydrogen) atoms. The van der Waals surface area contributed by atoms with Crippen LogP contribution in [0, 0.1) is 0 Å². The topological polar surface area (TPSA) is 190 Å². The van der Waals surface area contributed by atoms with Gasteiger partial charge in [-0.2, -0.15) is 0 Å². The third kappa shape index (κ3) is 9.33. The normalized spacial score (nSPS) is 16.3. The van der Waals surface area contributed by atoms with Gasteiger partial charge in [0.1, 0.15) is 23.5 Å². The number of aromatic hydroxyl groups is 1. The molecule has 2 amide bonds. The number of guanidine groups is 1. The first-order valence-corrected chi connectivity index (χ1v) is 13.4. The molecule has 0 unspecified atom stereocenters. The molecule has 1 aliphatic rings. The number of nitrogens with two attached hydrogens (primary N) is 3. The van der Waals surface area contributed by atoms with Crippen molar-refractivity contribution < 1.29 is 19.4 Å². The number of carbonyl (C=O) groups excluding carboxylic acids is 2. The quantitative estimate of drug-likeness (QED) is 0.0899. The monoisotopic (exact) mass is 549 g/mol. The molecule has 0 spiro atoms. The zero-order valence-electron chi connectivity index (χ0n) is 22.8. The summed E-state index contributed by atoms with van der Waals surface area (Å²) in [5, 5.41) is 15.6. The Morgan fingerprint density at radius 3 is 2.30 bits per heavy atom. The van der Waals surface area contributed by atoms with E-state index in [4.69, 9.17) is 21.9 Å². The summed E-state index contributed by atoms with van der Waals surface area (Å²) in [5.41, 5.74) is 18.5. The number of amidine groups is 1. The van der Waals surface area contributed by atoms with Gasteiger partial charge in [-0.05, 0) is 74.1 Å². The summed E-state index contributed by atoms with van der Waals surface area (Å²) in [6.45, 7) is 3.89. The maximum atomic E-state index is 13.4. The Labute approximate surface area is 234 Å². The molecular formula is C29H39N7O4. The maximum absolute atomic E-state index is 13.4.